The van der Waals surface area contributed by atoms with E-state index in [2.05, 4.69) is 20.8 Å². The Morgan fingerprint density at radius 2 is 2.00 bits per heavy atom. The van der Waals surface area contributed by atoms with E-state index in [-0.39, 0.29) is 18.5 Å². The number of amides is 1. The molecule has 1 aliphatic rings. The Hall–Kier alpha value is -3.67. The van der Waals surface area contributed by atoms with Crippen molar-refractivity contribution in [3.05, 3.63) is 65.0 Å². The van der Waals surface area contributed by atoms with E-state index in [1.54, 1.807) is 25.0 Å². The summed E-state index contributed by atoms with van der Waals surface area (Å²) >= 11 is 0. The van der Waals surface area contributed by atoms with E-state index < -0.39 is 17.8 Å². The first-order valence-electron chi connectivity index (χ1n) is 11.3. The molecular formula is C24H27F3N6O3. The summed E-state index contributed by atoms with van der Waals surface area (Å²) in [6, 6.07) is 7.99. The molecule has 192 valence electrons. The molecule has 0 spiro atoms. The second kappa shape index (κ2) is 10.5. The minimum absolute atomic E-state index is 0.0202. The number of ether oxygens (including phenoxy) is 2. The number of carbonyl (C=O) groups excluding carboxylic acids is 1. The van der Waals surface area contributed by atoms with Crippen molar-refractivity contribution in [2.24, 2.45) is 0 Å². The van der Waals surface area contributed by atoms with E-state index in [4.69, 9.17) is 9.47 Å². The zero-order valence-corrected chi connectivity index (χ0v) is 20.1. The summed E-state index contributed by atoms with van der Waals surface area (Å²) < 4.78 is 51.8. The molecule has 2 heterocycles. The largest absolute Gasteiger partial charge is 0.496 e. The number of halogens is 3. The second-order valence-corrected chi connectivity index (χ2v) is 8.63. The maximum atomic E-state index is 13.3. The molecule has 9 nitrogen and oxygen atoms in total. The smallest absolute Gasteiger partial charge is 0.416 e. The fraction of sp³-hybridized carbons (Fsp3) is 0.417. The average Bonchev–Trinajstić information content (AvgIpc) is 3.53. The number of likely N-dealkylation sites (tertiary alicyclic amines) is 1. The molecule has 0 unspecified atom stereocenters. The first-order chi connectivity index (χ1) is 17.2. The summed E-state index contributed by atoms with van der Waals surface area (Å²) in [6.07, 6.45) is -2.50. The van der Waals surface area contributed by atoms with Gasteiger partial charge < -0.3 is 14.8 Å². The SMILES string of the molecule is COc1ccc(CN2C[C@H](n3cnnn3)C[C@H]2C(=O)NCc2cccc(C(F)(F)F)c2)c(OC)c1C. The van der Waals surface area contributed by atoms with E-state index in [9.17, 15) is 18.0 Å². The van der Waals surface area contributed by atoms with Crippen LogP contribution in [0.2, 0.25) is 0 Å². The molecule has 1 aliphatic heterocycles. The Balaban J connectivity index is 1.53. The van der Waals surface area contributed by atoms with Gasteiger partial charge in [-0.2, -0.15) is 13.2 Å². The lowest BCUT2D eigenvalue weighted by Crippen LogP contribution is -2.42. The van der Waals surface area contributed by atoms with Crippen LogP contribution in [0.4, 0.5) is 13.2 Å². The molecule has 12 heteroatoms. The van der Waals surface area contributed by atoms with Gasteiger partial charge in [-0.15, -0.1) is 5.10 Å². The number of alkyl halides is 3. The highest BCUT2D eigenvalue weighted by atomic mass is 19.4. The highest BCUT2D eigenvalue weighted by Gasteiger charge is 2.38. The predicted octanol–water partition coefficient (Wildman–Crippen LogP) is 3.15. The second-order valence-electron chi connectivity index (χ2n) is 8.63. The third kappa shape index (κ3) is 5.43. The number of rotatable bonds is 8. The number of hydrogen-bond donors (Lipinski definition) is 1. The molecule has 36 heavy (non-hydrogen) atoms. The topological polar surface area (TPSA) is 94.4 Å². The van der Waals surface area contributed by atoms with Gasteiger partial charge >= 0.3 is 6.18 Å². The number of carbonyl (C=O) groups is 1. The van der Waals surface area contributed by atoms with E-state index in [1.807, 2.05) is 24.0 Å². The molecule has 2 aromatic carbocycles. The van der Waals surface area contributed by atoms with Crippen LogP contribution in [-0.2, 0) is 24.1 Å². The van der Waals surface area contributed by atoms with Crippen LogP contribution >= 0.6 is 0 Å². The molecule has 0 radical (unpaired) electrons. The molecular weight excluding hydrogens is 477 g/mol. The summed E-state index contributed by atoms with van der Waals surface area (Å²) in [6.45, 7) is 2.79. The van der Waals surface area contributed by atoms with E-state index in [0.717, 1.165) is 23.3 Å². The third-order valence-electron chi connectivity index (χ3n) is 6.38. The molecule has 1 aromatic heterocycles. The minimum Gasteiger partial charge on any atom is -0.496 e. The van der Waals surface area contributed by atoms with Crippen LogP contribution in [0.5, 0.6) is 11.5 Å². The standard InChI is InChI=1S/C24H27F3N6O3/c1-15-21(35-2)8-7-17(22(15)36-3)12-32-13-19(33-14-29-30-31-33)10-20(32)23(34)28-11-16-5-4-6-18(9-16)24(25,26)27/h4-9,14,19-20H,10-13H2,1-3H3,(H,28,34)/t19-,20+/m1/s1. The lowest BCUT2D eigenvalue weighted by Gasteiger charge is -2.25. The van der Waals surface area contributed by atoms with Crippen molar-refractivity contribution in [1.82, 2.24) is 30.4 Å². The van der Waals surface area contributed by atoms with Gasteiger partial charge in [-0.3, -0.25) is 9.69 Å². The summed E-state index contributed by atoms with van der Waals surface area (Å²) in [7, 11) is 3.17. The monoisotopic (exact) mass is 504 g/mol. The number of benzene rings is 2. The van der Waals surface area contributed by atoms with Gasteiger partial charge in [0, 0.05) is 30.8 Å². The number of aromatic nitrogens is 4. The van der Waals surface area contributed by atoms with E-state index in [0.29, 0.717) is 36.6 Å². The Labute approximate surface area is 206 Å². The van der Waals surface area contributed by atoms with Crippen molar-refractivity contribution in [2.45, 2.75) is 44.7 Å². The lowest BCUT2D eigenvalue weighted by molar-refractivity contribution is -0.137. The summed E-state index contributed by atoms with van der Waals surface area (Å²) in [5.74, 6) is 1.08. The average molecular weight is 505 g/mol. The highest BCUT2D eigenvalue weighted by Crippen LogP contribution is 2.35. The van der Waals surface area contributed by atoms with Gasteiger partial charge in [-0.1, -0.05) is 18.2 Å². The van der Waals surface area contributed by atoms with Gasteiger partial charge in [0.15, 0.2) is 0 Å². The quantitative estimate of drug-likeness (QED) is 0.504. The molecule has 2 atom stereocenters. The Morgan fingerprint density at radius 3 is 2.67 bits per heavy atom. The van der Waals surface area contributed by atoms with Crippen LogP contribution in [0.25, 0.3) is 0 Å². The molecule has 0 saturated carbocycles. The van der Waals surface area contributed by atoms with Gasteiger partial charge in [0.2, 0.25) is 5.91 Å². The summed E-state index contributed by atoms with van der Waals surface area (Å²) in [5.41, 5.74) is 1.34. The predicted molar refractivity (Wildman–Crippen MR) is 123 cm³/mol. The van der Waals surface area contributed by atoms with Crippen molar-refractivity contribution < 1.29 is 27.4 Å². The van der Waals surface area contributed by atoms with Crippen LogP contribution in [-0.4, -0.2) is 57.8 Å². The van der Waals surface area contributed by atoms with Gasteiger partial charge in [0.05, 0.1) is 31.9 Å². The van der Waals surface area contributed by atoms with Crippen molar-refractivity contribution in [2.75, 3.05) is 20.8 Å². The fourth-order valence-corrected chi connectivity index (χ4v) is 4.60. The van der Waals surface area contributed by atoms with E-state index in [1.165, 1.54) is 12.4 Å². The maximum Gasteiger partial charge on any atom is 0.416 e. The minimum atomic E-state index is -4.45. The van der Waals surface area contributed by atoms with Crippen LogP contribution in [0.15, 0.2) is 42.7 Å². The van der Waals surface area contributed by atoms with Gasteiger partial charge in [0.1, 0.15) is 17.8 Å². The van der Waals surface area contributed by atoms with Crippen molar-refractivity contribution in [3.63, 3.8) is 0 Å². The molecule has 4 rings (SSSR count). The Bertz CT molecular complexity index is 1200. The first-order valence-corrected chi connectivity index (χ1v) is 11.3. The zero-order valence-electron chi connectivity index (χ0n) is 20.1. The Morgan fingerprint density at radius 1 is 1.19 bits per heavy atom. The van der Waals surface area contributed by atoms with Crippen LogP contribution < -0.4 is 14.8 Å². The molecule has 0 bridgehead atoms. The van der Waals surface area contributed by atoms with Crippen molar-refractivity contribution >= 4 is 5.91 Å². The van der Waals surface area contributed by atoms with Gasteiger partial charge in [0.25, 0.3) is 0 Å². The molecule has 1 fully saturated rings. The first kappa shape index (κ1) is 25.4. The molecule has 1 N–H and O–H groups in total. The number of nitrogens with zero attached hydrogens (tertiary/aromatic N) is 5. The third-order valence-corrected chi connectivity index (χ3v) is 6.38. The molecule has 3 aromatic rings. The summed E-state index contributed by atoms with van der Waals surface area (Å²) in [5, 5.41) is 14.2. The van der Waals surface area contributed by atoms with E-state index >= 15 is 0 Å². The number of tetrazole rings is 1. The maximum absolute atomic E-state index is 13.3. The van der Waals surface area contributed by atoms with Crippen molar-refractivity contribution in [1.29, 1.82) is 0 Å². The lowest BCUT2D eigenvalue weighted by atomic mass is 10.1. The number of hydrogen-bond acceptors (Lipinski definition) is 7. The highest BCUT2D eigenvalue weighted by molar-refractivity contribution is 5.82. The molecule has 1 saturated heterocycles. The summed E-state index contributed by atoms with van der Waals surface area (Å²) in [4.78, 5) is 15.2. The normalized spacial score (nSPS) is 18.3. The fourth-order valence-electron chi connectivity index (χ4n) is 4.60. The Kier molecular flexibility index (Phi) is 7.43. The zero-order chi connectivity index (χ0) is 25.9. The number of nitrogens with one attached hydrogen (secondary N) is 1. The number of methoxy groups -OCH3 is 2. The molecule has 0 aliphatic carbocycles. The van der Waals surface area contributed by atoms with Crippen LogP contribution in [0.1, 0.15) is 34.7 Å². The van der Waals surface area contributed by atoms with Gasteiger partial charge in [-0.25, -0.2) is 4.68 Å². The van der Waals surface area contributed by atoms with Gasteiger partial charge in [-0.05, 0) is 47.5 Å². The van der Waals surface area contributed by atoms with Crippen molar-refractivity contribution in [3.8, 4) is 11.5 Å². The molecule has 1 amide bonds. The van der Waals surface area contributed by atoms with Crippen LogP contribution in [0, 0.1) is 6.92 Å². The van der Waals surface area contributed by atoms with Crippen LogP contribution in [0.3, 0.4) is 0 Å².